The van der Waals surface area contributed by atoms with Gasteiger partial charge in [-0.2, -0.15) is 30.6 Å². The molecule has 4 atom stereocenters. The van der Waals surface area contributed by atoms with Gasteiger partial charge in [-0.15, -0.1) is 0 Å². The summed E-state index contributed by atoms with van der Waals surface area (Å²) in [6.07, 6.45) is -9.55. The molecule has 5 rings (SSSR count). The van der Waals surface area contributed by atoms with Crippen molar-refractivity contribution in [1.29, 1.82) is 0 Å². The molecule has 0 aromatic heterocycles. The smallest absolute Gasteiger partial charge is 0.406 e. The lowest BCUT2D eigenvalue weighted by molar-refractivity contribution is -0.184. The van der Waals surface area contributed by atoms with Crippen molar-refractivity contribution in [2.75, 3.05) is 78.6 Å². The third kappa shape index (κ3) is 16.5. The minimum absolute atomic E-state index is 0.0286. The average molecular weight is 1040 g/mol. The highest BCUT2D eigenvalue weighted by Crippen LogP contribution is 2.32. The molecule has 4 unspecified atom stereocenters. The number of nitrogens with zero attached hydrogens (tertiary/aromatic N) is 3. The first-order valence-corrected chi connectivity index (χ1v) is 25.8. The summed E-state index contributed by atoms with van der Waals surface area (Å²) in [6.45, 7) is 5.34. The number of likely N-dealkylation sites (N-methyl/N-ethyl adjacent to an activating group) is 1. The van der Waals surface area contributed by atoms with Crippen molar-refractivity contribution in [1.82, 2.24) is 19.4 Å². The SMILES string of the molecule is CCN(CCc1cccc(CC(=O)N(CC(F)(F)F)C2CCC(C3CCC(N(CC(F)(F)F)C(=O)Cc4ccccc4OC)CO3)OC2)c1C)S(=O)(=O)c1ccc(NCCOC)c(C(=O)NCCC(C)C)c1. The molecule has 0 aliphatic carbocycles. The summed E-state index contributed by atoms with van der Waals surface area (Å²) in [4.78, 5) is 42.0. The molecule has 0 bridgehead atoms. The van der Waals surface area contributed by atoms with Crippen LogP contribution in [0.1, 0.15) is 85.5 Å². The molecule has 3 aromatic rings. The van der Waals surface area contributed by atoms with Crippen LogP contribution in [-0.2, 0) is 53.1 Å². The molecule has 2 N–H and O–H groups in total. The summed E-state index contributed by atoms with van der Waals surface area (Å²) < 4.78 is 135. The van der Waals surface area contributed by atoms with Crippen LogP contribution in [0.2, 0.25) is 0 Å². The van der Waals surface area contributed by atoms with Crippen LogP contribution < -0.4 is 15.4 Å². The van der Waals surface area contributed by atoms with Gasteiger partial charge in [0.25, 0.3) is 5.91 Å². The summed E-state index contributed by atoms with van der Waals surface area (Å²) in [7, 11) is -1.17. The van der Waals surface area contributed by atoms with Crippen molar-refractivity contribution in [3.8, 4) is 5.75 Å². The molecule has 0 spiro atoms. The van der Waals surface area contributed by atoms with E-state index in [0.717, 1.165) is 16.2 Å². The Hall–Kier alpha value is -4.96. The molecule has 3 amide bonds. The number of hydrogen-bond donors (Lipinski definition) is 2. The minimum atomic E-state index is -4.73. The van der Waals surface area contributed by atoms with Crippen molar-refractivity contribution in [3.63, 3.8) is 0 Å². The van der Waals surface area contributed by atoms with Crippen molar-refractivity contribution in [2.45, 2.75) is 121 Å². The predicted octanol–water partition coefficient (Wildman–Crippen LogP) is 7.75. The zero-order chi connectivity index (χ0) is 52.8. The number of para-hydroxylation sites is 1. The van der Waals surface area contributed by atoms with Crippen LogP contribution in [0.15, 0.2) is 65.6 Å². The van der Waals surface area contributed by atoms with E-state index < -0.39 is 77.5 Å². The first-order valence-electron chi connectivity index (χ1n) is 24.3. The Kier molecular flexibility index (Phi) is 21.2. The number of carbonyl (C=O) groups excluding carboxylic acids is 3. The molecule has 2 fully saturated rings. The molecular formula is C51H69F6N5O9S. The standard InChI is InChI=1S/C51H69F6N5O9S/c1-7-60(72(66,67)41-17-18-43(58-24-26-68-5)42(29-41)49(65)59-23-21-34(2)3)25-22-36-12-10-13-37(35(36)4)27-47(63)61(32-50(52,53)54)39-15-19-45(70-30-39)46-20-16-40(31-71-46)62(33-51(55,56)57)48(64)28-38-11-8-9-14-44(38)69-6/h8-14,17-18,29,34,39-40,45-46,58H,7,15-16,19-28,30-33H2,1-6H3,(H,59,65). The number of sulfonamides is 1. The summed E-state index contributed by atoms with van der Waals surface area (Å²) in [5.74, 6) is -1.23. The van der Waals surface area contributed by atoms with Gasteiger partial charge >= 0.3 is 12.4 Å². The third-order valence-electron chi connectivity index (χ3n) is 13.1. The molecule has 3 aromatic carbocycles. The van der Waals surface area contributed by atoms with Crippen LogP contribution in [-0.4, -0.2) is 150 Å². The Balaban J connectivity index is 1.21. The predicted molar refractivity (Wildman–Crippen MR) is 259 cm³/mol. The Morgan fingerprint density at radius 1 is 0.778 bits per heavy atom. The van der Waals surface area contributed by atoms with Gasteiger partial charge in [-0.1, -0.05) is 57.2 Å². The van der Waals surface area contributed by atoms with E-state index in [1.807, 2.05) is 13.8 Å². The second-order valence-corrected chi connectivity index (χ2v) is 20.6. The van der Waals surface area contributed by atoms with Gasteiger partial charge in [0.05, 0.1) is 74.5 Å². The van der Waals surface area contributed by atoms with Crippen molar-refractivity contribution < 1.29 is 68.1 Å². The number of anilines is 1. The lowest BCUT2D eigenvalue weighted by Gasteiger charge is -2.42. The van der Waals surface area contributed by atoms with Crippen LogP contribution >= 0.6 is 0 Å². The monoisotopic (exact) mass is 1040 g/mol. The number of benzene rings is 3. The molecular weight excluding hydrogens is 973 g/mol. The first kappa shape index (κ1) is 57.9. The molecule has 2 aliphatic heterocycles. The zero-order valence-corrected chi connectivity index (χ0v) is 42.7. The molecule has 72 heavy (non-hydrogen) atoms. The van der Waals surface area contributed by atoms with Gasteiger partial charge in [-0.3, -0.25) is 14.4 Å². The number of methoxy groups -OCH3 is 2. The van der Waals surface area contributed by atoms with Crippen LogP contribution in [0.3, 0.4) is 0 Å². The van der Waals surface area contributed by atoms with Gasteiger partial charge in [0.2, 0.25) is 21.8 Å². The van der Waals surface area contributed by atoms with E-state index in [9.17, 15) is 49.1 Å². The zero-order valence-electron chi connectivity index (χ0n) is 41.9. The van der Waals surface area contributed by atoms with Crippen molar-refractivity contribution >= 4 is 33.4 Å². The van der Waals surface area contributed by atoms with Gasteiger partial charge < -0.3 is 39.4 Å². The largest absolute Gasteiger partial charge is 0.496 e. The molecule has 400 valence electrons. The van der Waals surface area contributed by atoms with Crippen LogP contribution in [0.5, 0.6) is 5.75 Å². The number of rotatable bonds is 24. The number of alkyl halides is 6. The summed E-state index contributed by atoms with van der Waals surface area (Å²) >= 11 is 0. The lowest BCUT2D eigenvalue weighted by atomic mass is 9.93. The fourth-order valence-corrected chi connectivity index (χ4v) is 10.6. The van der Waals surface area contributed by atoms with Gasteiger partial charge in [0.15, 0.2) is 0 Å². The summed E-state index contributed by atoms with van der Waals surface area (Å²) in [6, 6.07) is 14.2. The Bertz CT molecular complexity index is 2370. The maximum absolute atomic E-state index is 14.1. The van der Waals surface area contributed by atoms with E-state index in [1.165, 1.54) is 23.5 Å². The quantitative estimate of drug-likeness (QED) is 0.0672. The molecule has 14 nitrogen and oxygen atoms in total. The summed E-state index contributed by atoms with van der Waals surface area (Å²) in [5.41, 5.74) is 2.85. The molecule has 2 saturated heterocycles. The van der Waals surface area contributed by atoms with Crippen LogP contribution in [0, 0.1) is 12.8 Å². The summed E-state index contributed by atoms with van der Waals surface area (Å²) in [5, 5.41) is 6.01. The van der Waals surface area contributed by atoms with Crippen LogP contribution in [0.25, 0.3) is 0 Å². The lowest BCUT2D eigenvalue weighted by Crippen LogP contribution is -2.54. The van der Waals surface area contributed by atoms with E-state index >= 15 is 0 Å². The number of amides is 3. The van der Waals surface area contributed by atoms with Crippen molar-refractivity contribution in [2.24, 2.45) is 5.92 Å². The van der Waals surface area contributed by atoms with E-state index in [-0.39, 0.29) is 81.7 Å². The van der Waals surface area contributed by atoms with Gasteiger partial charge in [0, 0.05) is 44.5 Å². The maximum Gasteiger partial charge on any atom is 0.406 e. The van der Waals surface area contributed by atoms with E-state index in [2.05, 4.69) is 10.6 Å². The topological polar surface area (TPSA) is 156 Å². The van der Waals surface area contributed by atoms with E-state index in [1.54, 1.807) is 69.5 Å². The van der Waals surface area contributed by atoms with Gasteiger partial charge in [0.1, 0.15) is 18.8 Å². The molecule has 21 heteroatoms. The number of hydrogen-bond acceptors (Lipinski definition) is 10. The average Bonchev–Trinajstić information content (AvgIpc) is 3.33. The highest BCUT2D eigenvalue weighted by molar-refractivity contribution is 7.89. The number of ether oxygens (including phenoxy) is 4. The maximum atomic E-state index is 14.1. The highest BCUT2D eigenvalue weighted by atomic mass is 32.2. The minimum Gasteiger partial charge on any atom is -0.496 e. The molecule has 2 heterocycles. The second-order valence-electron chi connectivity index (χ2n) is 18.7. The Labute approximate surface area is 419 Å². The number of nitrogens with one attached hydrogen (secondary N) is 2. The normalized spacial score (nSPS) is 18.8. The second kappa shape index (κ2) is 26.3. The van der Waals surface area contributed by atoms with E-state index in [4.69, 9.17) is 18.9 Å². The molecule has 0 saturated carbocycles. The number of halogens is 6. The fraction of sp³-hybridized carbons (Fsp3) is 0.588. The Morgan fingerprint density at radius 2 is 1.35 bits per heavy atom. The third-order valence-corrected chi connectivity index (χ3v) is 15.1. The molecule has 0 radical (unpaired) electrons. The number of carbonyl (C=O) groups is 3. The Morgan fingerprint density at radius 3 is 1.88 bits per heavy atom. The highest BCUT2D eigenvalue weighted by Gasteiger charge is 2.43. The molecule has 2 aliphatic rings. The van der Waals surface area contributed by atoms with Gasteiger partial charge in [-0.25, -0.2) is 8.42 Å². The fourth-order valence-electron chi connectivity index (χ4n) is 9.12. The van der Waals surface area contributed by atoms with E-state index in [0.29, 0.717) is 59.3 Å². The van der Waals surface area contributed by atoms with Crippen LogP contribution in [0.4, 0.5) is 32.0 Å². The van der Waals surface area contributed by atoms with Gasteiger partial charge in [-0.05, 0) is 92.3 Å². The first-order chi connectivity index (χ1) is 34.0. The van der Waals surface area contributed by atoms with Crippen molar-refractivity contribution in [3.05, 3.63) is 88.5 Å².